The minimum Gasteiger partial charge on any atom is -0.326 e. The molecule has 3 fully saturated rings. The van der Waals surface area contributed by atoms with Gasteiger partial charge in [0.15, 0.2) is 0 Å². The number of rotatable bonds is 2. The van der Waals surface area contributed by atoms with E-state index in [0.29, 0.717) is 29.3 Å². The van der Waals surface area contributed by atoms with Crippen LogP contribution in [0.3, 0.4) is 0 Å². The molecule has 6 atom stereocenters. The Hall–Kier alpha value is -1.88. The van der Waals surface area contributed by atoms with Crippen LogP contribution in [0.2, 0.25) is 5.15 Å². The summed E-state index contributed by atoms with van der Waals surface area (Å²) < 4.78 is 0. The third-order valence-electron chi connectivity index (χ3n) is 9.62. The van der Waals surface area contributed by atoms with Crippen LogP contribution in [-0.2, 0) is 9.59 Å². The zero-order chi connectivity index (χ0) is 22.8. The van der Waals surface area contributed by atoms with Crippen LogP contribution in [0.5, 0.6) is 0 Å². The van der Waals surface area contributed by atoms with Crippen molar-refractivity contribution in [2.45, 2.75) is 65.7 Å². The Labute approximate surface area is 196 Å². The fourth-order valence-corrected chi connectivity index (χ4v) is 8.42. The van der Waals surface area contributed by atoms with E-state index in [-0.39, 0.29) is 28.6 Å². The van der Waals surface area contributed by atoms with Gasteiger partial charge in [-0.15, -0.1) is 0 Å². The first-order valence-corrected chi connectivity index (χ1v) is 12.4. The Morgan fingerprint density at radius 1 is 1.22 bits per heavy atom. The predicted molar refractivity (Wildman–Crippen MR) is 126 cm³/mol. The number of piperidine rings is 1. The zero-order valence-electron chi connectivity index (χ0n) is 19.6. The second-order valence-electron chi connectivity index (χ2n) is 11.1. The number of likely N-dealkylation sites (tertiary alicyclic amines) is 1. The van der Waals surface area contributed by atoms with Gasteiger partial charge in [-0.2, -0.15) is 0 Å². The lowest BCUT2D eigenvalue weighted by molar-refractivity contribution is -0.137. The van der Waals surface area contributed by atoms with Gasteiger partial charge in [0.25, 0.3) is 0 Å². The molecule has 0 radical (unpaired) electrons. The lowest BCUT2D eigenvalue weighted by Crippen LogP contribution is -2.54. The number of anilines is 1. The van der Waals surface area contributed by atoms with Gasteiger partial charge < -0.3 is 10.2 Å². The molecule has 6 heteroatoms. The molecule has 4 aliphatic rings. The fourth-order valence-electron chi connectivity index (χ4n) is 8.25. The molecule has 0 aromatic carbocycles. The minimum atomic E-state index is 0.0204. The van der Waals surface area contributed by atoms with Crippen molar-refractivity contribution in [1.29, 1.82) is 0 Å². The molecule has 0 bridgehead atoms. The first-order chi connectivity index (χ1) is 15.1. The molecule has 32 heavy (non-hydrogen) atoms. The SMILES string of the molecule is CC1=C2N(C)C(=O)CC[C@]2(C)[C@@H]2CC[C@]3(C)C(C(=O)Nc4ccnc(Cl)c4)CC[C@H]3[C@@H]2C1. The summed E-state index contributed by atoms with van der Waals surface area (Å²) in [6, 6.07) is 3.51. The van der Waals surface area contributed by atoms with Gasteiger partial charge in [-0.25, -0.2) is 4.98 Å². The largest absolute Gasteiger partial charge is 0.326 e. The summed E-state index contributed by atoms with van der Waals surface area (Å²) in [5.41, 5.74) is 3.49. The van der Waals surface area contributed by atoms with E-state index in [1.165, 1.54) is 11.3 Å². The first-order valence-electron chi connectivity index (χ1n) is 12.0. The van der Waals surface area contributed by atoms with Gasteiger partial charge in [0.1, 0.15) is 5.15 Å². The number of nitrogens with one attached hydrogen (secondary N) is 1. The van der Waals surface area contributed by atoms with Crippen LogP contribution in [0.1, 0.15) is 65.7 Å². The maximum Gasteiger partial charge on any atom is 0.228 e. The number of carbonyl (C=O) groups excluding carboxylic acids is 2. The minimum absolute atomic E-state index is 0.0204. The van der Waals surface area contributed by atoms with E-state index in [9.17, 15) is 9.59 Å². The average Bonchev–Trinajstić information content (AvgIpc) is 3.09. The Morgan fingerprint density at radius 2 is 2.00 bits per heavy atom. The van der Waals surface area contributed by atoms with Crippen LogP contribution < -0.4 is 5.32 Å². The molecule has 1 unspecified atom stereocenters. The van der Waals surface area contributed by atoms with Gasteiger partial charge in [0.2, 0.25) is 11.8 Å². The van der Waals surface area contributed by atoms with E-state index < -0.39 is 0 Å². The molecule has 1 aromatic heterocycles. The molecule has 2 heterocycles. The second-order valence-corrected chi connectivity index (χ2v) is 11.5. The lowest BCUT2D eigenvalue weighted by atomic mass is 9.48. The number of halogens is 1. The summed E-state index contributed by atoms with van der Waals surface area (Å²) in [5, 5.41) is 3.50. The third-order valence-corrected chi connectivity index (χ3v) is 9.83. The zero-order valence-corrected chi connectivity index (χ0v) is 20.3. The van der Waals surface area contributed by atoms with Crippen molar-refractivity contribution in [3.63, 3.8) is 0 Å². The fraction of sp³-hybridized carbons (Fsp3) is 0.654. The van der Waals surface area contributed by atoms with Crippen molar-refractivity contribution in [1.82, 2.24) is 9.88 Å². The second kappa shape index (κ2) is 7.58. The van der Waals surface area contributed by atoms with Gasteiger partial charge in [0.05, 0.1) is 0 Å². The summed E-state index contributed by atoms with van der Waals surface area (Å²) in [5.74, 6) is 2.13. The third kappa shape index (κ3) is 3.14. The van der Waals surface area contributed by atoms with E-state index >= 15 is 0 Å². The van der Waals surface area contributed by atoms with E-state index in [4.69, 9.17) is 11.6 Å². The van der Waals surface area contributed by atoms with E-state index in [1.807, 2.05) is 11.9 Å². The molecule has 3 aliphatic carbocycles. The number of hydrogen-bond acceptors (Lipinski definition) is 3. The maximum absolute atomic E-state index is 13.4. The molecule has 172 valence electrons. The number of nitrogens with zero attached hydrogens (tertiary/aromatic N) is 2. The van der Waals surface area contributed by atoms with Crippen molar-refractivity contribution in [3.05, 3.63) is 34.8 Å². The molecule has 1 N–H and O–H groups in total. The molecule has 1 saturated heterocycles. The summed E-state index contributed by atoms with van der Waals surface area (Å²) in [6.07, 6.45) is 8.56. The van der Waals surface area contributed by atoms with Crippen LogP contribution >= 0.6 is 11.6 Å². The normalized spacial score (nSPS) is 38.8. The predicted octanol–water partition coefficient (Wildman–Crippen LogP) is 5.67. The molecular formula is C26H34ClN3O2. The van der Waals surface area contributed by atoms with Crippen LogP contribution in [0.15, 0.2) is 29.6 Å². The van der Waals surface area contributed by atoms with Gasteiger partial charge in [-0.3, -0.25) is 9.59 Å². The number of hydrogen-bond donors (Lipinski definition) is 1. The van der Waals surface area contributed by atoms with E-state index in [2.05, 4.69) is 31.1 Å². The Bertz CT molecular complexity index is 1010. The average molecular weight is 456 g/mol. The number of pyridine rings is 1. The molecule has 0 spiro atoms. The molecule has 5 nitrogen and oxygen atoms in total. The van der Waals surface area contributed by atoms with Crippen molar-refractivity contribution in [3.8, 4) is 0 Å². The summed E-state index contributed by atoms with van der Waals surface area (Å²) in [6.45, 7) is 7.00. The number of aromatic nitrogens is 1. The van der Waals surface area contributed by atoms with Crippen molar-refractivity contribution < 1.29 is 9.59 Å². The number of allylic oxidation sites excluding steroid dienone is 2. The van der Waals surface area contributed by atoms with Gasteiger partial charge in [-0.05, 0) is 80.8 Å². The summed E-state index contributed by atoms with van der Waals surface area (Å²) in [7, 11) is 1.97. The number of amides is 2. The maximum atomic E-state index is 13.4. The molecule has 2 amide bonds. The highest BCUT2D eigenvalue weighted by atomic mass is 35.5. The van der Waals surface area contributed by atoms with Crippen LogP contribution in [0.25, 0.3) is 0 Å². The Kier molecular flexibility index (Phi) is 5.20. The topological polar surface area (TPSA) is 62.3 Å². The van der Waals surface area contributed by atoms with Crippen molar-refractivity contribution in [2.24, 2.45) is 34.5 Å². The van der Waals surface area contributed by atoms with Gasteiger partial charge >= 0.3 is 0 Å². The van der Waals surface area contributed by atoms with Crippen molar-refractivity contribution in [2.75, 3.05) is 12.4 Å². The molecular weight excluding hydrogens is 422 g/mol. The first kappa shape index (κ1) is 21.9. The van der Waals surface area contributed by atoms with E-state index in [1.54, 1.807) is 18.3 Å². The molecule has 1 aliphatic heterocycles. The quantitative estimate of drug-likeness (QED) is 0.584. The Balaban J connectivity index is 1.42. The lowest BCUT2D eigenvalue weighted by Gasteiger charge is -2.59. The van der Waals surface area contributed by atoms with E-state index in [0.717, 1.165) is 44.2 Å². The molecule has 1 aromatic rings. The number of fused-ring (bicyclic) bond motifs is 5. The smallest absolute Gasteiger partial charge is 0.228 e. The van der Waals surface area contributed by atoms with Crippen molar-refractivity contribution >= 4 is 29.1 Å². The van der Waals surface area contributed by atoms with Gasteiger partial charge in [0, 0.05) is 42.4 Å². The standard InChI is InChI=1S/C26H34ClN3O2/c1-15-13-17-18-5-6-20(24(32)29-16-9-12-28-21(27)14-16)25(18,2)10-7-19(17)26(3)11-8-22(31)30(4)23(15)26/h9,12,14,17-20H,5-8,10-11,13H2,1-4H3,(H,28,29,32)/t17-,18-,19+,20?,25-,26+/m0/s1. The Morgan fingerprint density at radius 3 is 2.75 bits per heavy atom. The van der Waals surface area contributed by atoms with Crippen LogP contribution in [0.4, 0.5) is 5.69 Å². The monoisotopic (exact) mass is 455 g/mol. The van der Waals surface area contributed by atoms with Crippen LogP contribution in [-0.4, -0.2) is 28.7 Å². The highest BCUT2D eigenvalue weighted by Gasteiger charge is 2.61. The molecule has 5 rings (SSSR count). The summed E-state index contributed by atoms with van der Waals surface area (Å²) >= 11 is 6.01. The summed E-state index contributed by atoms with van der Waals surface area (Å²) in [4.78, 5) is 31.8. The van der Waals surface area contributed by atoms with Gasteiger partial charge in [-0.1, -0.05) is 31.0 Å². The molecule has 2 saturated carbocycles. The number of carbonyl (C=O) groups is 2. The highest BCUT2D eigenvalue weighted by Crippen LogP contribution is 2.66. The highest BCUT2D eigenvalue weighted by molar-refractivity contribution is 6.29. The van der Waals surface area contributed by atoms with Crippen LogP contribution in [0, 0.1) is 34.5 Å².